The van der Waals surface area contributed by atoms with Crippen molar-refractivity contribution in [2.75, 3.05) is 5.32 Å². The van der Waals surface area contributed by atoms with Crippen LogP contribution in [0.5, 0.6) is 11.5 Å². The van der Waals surface area contributed by atoms with Crippen LogP contribution in [-0.2, 0) is 0 Å². The molecule has 0 aliphatic carbocycles. The Hall–Kier alpha value is -3.22. The van der Waals surface area contributed by atoms with E-state index in [0.29, 0.717) is 22.9 Å². The molecule has 2 heterocycles. The number of aromatic nitrogens is 3. The van der Waals surface area contributed by atoms with Crippen molar-refractivity contribution in [3.8, 4) is 11.5 Å². The SMILES string of the molecule is Bc1cccc(C(=O)Nc2cc(Oc3cncnc3)ccn2)c1. The fourth-order valence-electron chi connectivity index (χ4n) is 1.99. The normalized spacial score (nSPS) is 10.1. The van der Waals surface area contributed by atoms with Gasteiger partial charge in [-0.15, -0.1) is 0 Å². The summed E-state index contributed by atoms with van der Waals surface area (Å²) < 4.78 is 5.61. The molecule has 2 aromatic heterocycles. The topological polar surface area (TPSA) is 77.0 Å². The summed E-state index contributed by atoms with van der Waals surface area (Å²) >= 11 is 0. The third kappa shape index (κ3) is 3.91. The second kappa shape index (κ2) is 6.70. The van der Waals surface area contributed by atoms with Crippen LogP contribution in [0.15, 0.2) is 61.3 Å². The van der Waals surface area contributed by atoms with Gasteiger partial charge in [0.05, 0.1) is 12.4 Å². The number of hydrogen-bond acceptors (Lipinski definition) is 5. The summed E-state index contributed by atoms with van der Waals surface area (Å²) in [6, 6.07) is 10.7. The highest BCUT2D eigenvalue weighted by molar-refractivity contribution is 6.32. The van der Waals surface area contributed by atoms with Crippen molar-refractivity contribution in [1.29, 1.82) is 0 Å². The van der Waals surface area contributed by atoms with Gasteiger partial charge in [0.15, 0.2) is 5.75 Å². The highest BCUT2D eigenvalue weighted by Gasteiger charge is 2.08. The molecule has 0 aliphatic rings. The molecule has 3 rings (SSSR count). The molecule has 0 saturated carbocycles. The number of hydrogen-bond donors (Lipinski definition) is 1. The maximum atomic E-state index is 12.2. The van der Waals surface area contributed by atoms with E-state index in [9.17, 15) is 4.79 Å². The van der Waals surface area contributed by atoms with Crippen molar-refractivity contribution in [1.82, 2.24) is 15.0 Å². The smallest absolute Gasteiger partial charge is 0.256 e. The summed E-state index contributed by atoms with van der Waals surface area (Å²) in [6.45, 7) is 0. The molecule has 0 atom stereocenters. The highest BCUT2D eigenvalue weighted by Crippen LogP contribution is 2.21. The molecule has 0 bridgehead atoms. The Kier molecular flexibility index (Phi) is 4.28. The zero-order valence-electron chi connectivity index (χ0n) is 12.4. The number of carbonyl (C=O) groups excluding carboxylic acids is 1. The first-order valence-corrected chi connectivity index (χ1v) is 6.98. The molecule has 1 amide bonds. The summed E-state index contributed by atoms with van der Waals surface area (Å²) in [5.41, 5.74) is 1.60. The van der Waals surface area contributed by atoms with Crippen LogP contribution in [-0.4, -0.2) is 28.7 Å². The van der Waals surface area contributed by atoms with E-state index in [2.05, 4.69) is 20.3 Å². The number of ether oxygens (including phenoxy) is 1. The minimum Gasteiger partial charge on any atom is -0.454 e. The minimum absolute atomic E-state index is 0.221. The summed E-state index contributed by atoms with van der Waals surface area (Å²) in [4.78, 5) is 24.1. The van der Waals surface area contributed by atoms with Crippen molar-refractivity contribution >= 4 is 25.0 Å². The summed E-state index contributed by atoms with van der Waals surface area (Å²) in [5.74, 6) is 1.23. The van der Waals surface area contributed by atoms with Gasteiger partial charge in [-0.25, -0.2) is 15.0 Å². The third-order valence-electron chi connectivity index (χ3n) is 3.03. The Morgan fingerprint density at radius 1 is 1.09 bits per heavy atom. The van der Waals surface area contributed by atoms with E-state index < -0.39 is 0 Å². The van der Waals surface area contributed by atoms with Gasteiger partial charge in [0, 0.05) is 17.8 Å². The van der Waals surface area contributed by atoms with E-state index >= 15 is 0 Å². The van der Waals surface area contributed by atoms with Gasteiger partial charge in [-0.1, -0.05) is 23.7 Å². The first kappa shape index (κ1) is 14.7. The summed E-state index contributed by atoms with van der Waals surface area (Å²) in [7, 11) is 1.94. The largest absolute Gasteiger partial charge is 0.454 e. The molecule has 0 fully saturated rings. The second-order valence-corrected chi connectivity index (χ2v) is 4.88. The van der Waals surface area contributed by atoms with Crippen LogP contribution in [0.1, 0.15) is 10.4 Å². The Morgan fingerprint density at radius 2 is 1.91 bits per heavy atom. The number of anilines is 1. The van der Waals surface area contributed by atoms with Gasteiger partial charge < -0.3 is 10.1 Å². The van der Waals surface area contributed by atoms with Gasteiger partial charge in [-0.05, 0) is 12.1 Å². The summed E-state index contributed by atoms with van der Waals surface area (Å²) in [6.07, 6.45) is 6.09. The van der Waals surface area contributed by atoms with Crippen LogP contribution in [0.25, 0.3) is 0 Å². The lowest BCUT2D eigenvalue weighted by atomic mass is 9.94. The van der Waals surface area contributed by atoms with Crippen LogP contribution < -0.4 is 15.5 Å². The molecule has 7 heteroatoms. The molecule has 23 heavy (non-hydrogen) atoms. The standard InChI is InChI=1S/C16H13BN4O2/c17-12-3-1-2-11(6-12)16(22)21-15-7-13(4-5-20-15)23-14-8-18-10-19-9-14/h1-10H,17H2,(H,20,21,22). The average molecular weight is 304 g/mol. The second-order valence-electron chi connectivity index (χ2n) is 4.88. The van der Waals surface area contributed by atoms with E-state index in [1.165, 1.54) is 6.33 Å². The zero-order chi connectivity index (χ0) is 16.1. The highest BCUT2D eigenvalue weighted by atomic mass is 16.5. The van der Waals surface area contributed by atoms with Crippen LogP contribution in [0.3, 0.4) is 0 Å². The van der Waals surface area contributed by atoms with Crippen molar-refractivity contribution in [3.05, 3.63) is 66.9 Å². The Morgan fingerprint density at radius 3 is 2.70 bits per heavy atom. The third-order valence-corrected chi connectivity index (χ3v) is 3.03. The molecule has 0 saturated heterocycles. The van der Waals surface area contributed by atoms with Gasteiger partial charge >= 0.3 is 0 Å². The number of rotatable bonds is 4. The summed E-state index contributed by atoms with van der Waals surface area (Å²) in [5, 5.41) is 2.75. The lowest BCUT2D eigenvalue weighted by molar-refractivity contribution is 0.102. The van der Waals surface area contributed by atoms with Crippen LogP contribution >= 0.6 is 0 Å². The van der Waals surface area contributed by atoms with Crippen molar-refractivity contribution in [2.24, 2.45) is 0 Å². The molecule has 3 aromatic rings. The van der Waals surface area contributed by atoms with Gasteiger partial charge in [0.1, 0.15) is 25.7 Å². The molecule has 0 unspecified atom stereocenters. The Bertz CT molecular complexity index is 827. The average Bonchev–Trinajstić information content (AvgIpc) is 2.56. The quantitative estimate of drug-likeness (QED) is 0.732. The van der Waals surface area contributed by atoms with E-state index in [1.54, 1.807) is 36.8 Å². The lowest BCUT2D eigenvalue weighted by Crippen LogP contribution is -2.15. The Balaban J connectivity index is 1.74. The van der Waals surface area contributed by atoms with Gasteiger partial charge in [0.25, 0.3) is 5.91 Å². The molecular weight excluding hydrogens is 291 g/mol. The molecule has 112 valence electrons. The van der Waals surface area contributed by atoms with Gasteiger partial charge in [-0.3, -0.25) is 4.79 Å². The molecule has 0 aliphatic heterocycles. The van der Waals surface area contributed by atoms with Crippen molar-refractivity contribution in [3.63, 3.8) is 0 Å². The van der Waals surface area contributed by atoms with E-state index in [1.807, 2.05) is 26.0 Å². The maximum absolute atomic E-state index is 12.2. The predicted octanol–water partition coefficient (Wildman–Crippen LogP) is 1.17. The molecule has 1 N–H and O–H groups in total. The van der Waals surface area contributed by atoms with E-state index in [4.69, 9.17) is 4.74 Å². The van der Waals surface area contributed by atoms with Gasteiger partial charge in [0.2, 0.25) is 0 Å². The van der Waals surface area contributed by atoms with Gasteiger partial charge in [-0.2, -0.15) is 0 Å². The number of pyridine rings is 1. The van der Waals surface area contributed by atoms with Crippen LogP contribution in [0, 0.1) is 0 Å². The monoisotopic (exact) mass is 304 g/mol. The first-order chi connectivity index (χ1) is 11.2. The molecule has 0 spiro atoms. The molecule has 0 radical (unpaired) electrons. The lowest BCUT2D eigenvalue weighted by Gasteiger charge is -2.08. The van der Waals surface area contributed by atoms with Crippen LogP contribution in [0.2, 0.25) is 0 Å². The van der Waals surface area contributed by atoms with E-state index in [0.717, 1.165) is 5.46 Å². The van der Waals surface area contributed by atoms with Crippen molar-refractivity contribution < 1.29 is 9.53 Å². The van der Waals surface area contributed by atoms with Crippen LogP contribution in [0.4, 0.5) is 5.82 Å². The minimum atomic E-state index is -0.221. The number of carbonyl (C=O) groups is 1. The number of amides is 1. The first-order valence-electron chi connectivity index (χ1n) is 6.98. The van der Waals surface area contributed by atoms with E-state index in [-0.39, 0.29) is 5.91 Å². The number of benzene rings is 1. The molecule has 6 nitrogen and oxygen atoms in total. The fraction of sp³-hybridized carbons (Fsp3) is 0. The molecular formula is C16H13BN4O2. The number of nitrogens with one attached hydrogen (secondary N) is 1. The number of nitrogens with zero attached hydrogens (tertiary/aromatic N) is 3. The van der Waals surface area contributed by atoms with Crippen molar-refractivity contribution in [2.45, 2.75) is 0 Å². The molecule has 1 aromatic carbocycles. The maximum Gasteiger partial charge on any atom is 0.256 e. The Labute approximate surface area is 134 Å². The fourth-order valence-corrected chi connectivity index (χ4v) is 1.99. The predicted molar refractivity (Wildman–Crippen MR) is 88.9 cm³/mol. The zero-order valence-corrected chi connectivity index (χ0v) is 12.4.